The number of carbonyl (C=O) groups is 1. The first kappa shape index (κ1) is 29.4. The number of rotatable bonds is 9. The number of imidazole rings is 1. The number of alkyl halides is 6. The maximum atomic E-state index is 12.6. The zero-order valence-electron chi connectivity index (χ0n) is 18.5. The van der Waals surface area contributed by atoms with E-state index < -0.39 is 37.3 Å². The summed E-state index contributed by atoms with van der Waals surface area (Å²) in [6, 6.07) is 4.46. The zero-order chi connectivity index (χ0) is 26.8. The normalized spacial score (nSPS) is 13.1. The molecule has 2 rings (SSSR count). The maximum Gasteiger partial charge on any atom is 0.511 e. The lowest BCUT2D eigenvalue weighted by molar-refractivity contribution is -0.189. The van der Waals surface area contributed by atoms with Crippen LogP contribution in [0.4, 0.5) is 13.2 Å². The smallest absolute Gasteiger partial charge is 0.288 e. The molecule has 0 aliphatic carbocycles. The fourth-order valence-electron chi connectivity index (χ4n) is 2.80. The molecule has 0 fully saturated rings. The van der Waals surface area contributed by atoms with Gasteiger partial charge in [-0.15, -0.1) is 0 Å². The molecule has 0 spiro atoms. The van der Waals surface area contributed by atoms with Crippen molar-refractivity contribution in [2.75, 3.05) is 13.1 Å². The number of sulfonamides is 1. The topological polar surface area (TPSA) is 110 Å². The van der Waals surface area contributed by atoms with Gasteiger partial charge in [-0.1, -0.05) is 40.9 Å². The van der Waals surface area contributed by atoms with Crippen LogP contribution in [0.1, 0.15) is 43.4 Å². The van der Waals surface area contributed by atoms with Gasteiger partial charge in [-0.3, -0.25) is 14.0 Å². The SMILES string of the molecule is CC(C)(C)ON(CCCNS(=O)(=O)C(F)(F)F)C(=C=O)c1cccc2ncc(C(=O)C(Cl)(Cl)Cl)n12. The Labute approximate surface area is 213 Å². The number of hydrogen-bond acceptors (Lipinski definition) is 7. The molecule has 2 heterocycles. The van der Waals surface area contributed by atoms with E-state index in [4.69, 9.17) is 39.6 Å². The van der Waals surface area contributed by atoms with Crippen molar-refractivity contribution in [2.45, 2.75) is 42.1 Å². The number of halogens is 6. The van der Waals surface area contributed by atoms with Crippen LogP contribution >= 0.6 is 34.8 Å². The first-order valence-corrected chi connectivity index (χ1v) is 12.4. The lowest BCUT2D eigenvalue weighted by atomic mass is 10.2. The second kappa shape index (κ2) is 10.6. The van der Waals surface area contributed by atoms with Crippen LogP contribution in [-0.4, -0.2) is 62.6 Å². The van der Waals surface area contributed by atoms with E-state index in [-0.39, 0.29) is 35.7 Å². The van der Waals surface area contributed by atoms with E-state index in [1.807, 2.05) is 0 Å². The highest BCUT2D eigenvalue weighted by molar-refractivity contribution is 7.90. The Morgan fingerprint density at radius 3 is 2.34 bits per heavy atom. The average molecular weight is 580 g/mol. The number of aromatic nitrogens is 2. The van der Waals surface area contributed by atoms with Gasteiger partial charge in [-0.05, 0) is 39.3 Å². The molecule has 0 amide bonds. The summed E-state index contributed by atoms with van der Waals surface area (Å²) >= 11 is 17.2. The van der Waals surface area contributed by atoms with Gasteiger partial charge in [0.2, 0.25) is 5.78 Å². The first-order valence-electron chi connectivity index (χ1n) is 9.75. The minimum atomic E-state index is -5.54. The predicted octanol–water partition coefficient (Wildman–Crippen LogP) is 3.92. The van der Waals surface area contributed by atoms with E-state index >= 15 is 0 Å². The molecular weight excluding hydrogens is 560 g/mol. The molecule has 194 valence electrons. The summed E-state index contributed by atoms with van der Waals surface area (Å²) < 4.78 is 60.4. The summed E-state index contributed by atoms with van der Waals surface area (Å²) in [6.45, 7) is 4.09. The second-order valence-corrected chi connectivity index (χ2v) is 12.1. The number of nitrogens with zero attached hydrogens (tertiary/aromatic N) is 3. The Bertz CT molecular complexity index is 1250. The molecule has 35 heavy (non-hydrogen) atoms. The van der Waals surface area contributed by atoms with Gasteiger partial charge in [-0.2, -0.15) is 13.2 Å². The average Bonchev–Trinajstić information content (AvgIpc) is 3.13. The van der Waals surface area contributed by atoms with Crippen LogP contribution in [0.2, 0.25) is 0 Å². The summed E-state index contributed by atoms with van der Waals surface area (Å²) in [7, 11) is -5.54. The van der Waals surface area contributed by atoms with Gasteiger partial charge in [0.05, 0.1) is 17.5 Å². The van der Waals surface area contributed by atoms with Crippen molar-refractivity contribution in [3.63, 3.8) is 0 Å². The fourth-order valence-corrected chi connectivity index (χ4v) is 3.67. The van der Waals surface area contributed by atoms with E-state index in [2.05, 4.69) is 4.98 Å². The van der Waals surface area contributed by atoms with Gasteiger partial charge < -0.3 is 0 Å². The van der Waals surface area contributed by atoms with Crippen molar-refractivity contribution in [3.8, 4) is 0 Å². The monoisotopic (exact) mass is 578 g/mol. The highest BCUT2D eigenvalue weighted by atomic mass is 35.6. The lowest BCUT2D eigenvalue weighted by Crippen LogP contribution is -2.39. The van der Waals surface area contributed by atoms with Gasteiger partial charge in [0.1, 0.15) is 11.3 Å². The largest absolute Gasteiger partial charge is 0.511 e. The molecule has 0 unspecified atom stereocenters. The molecule has 0 aromatic carbocycles. The van der Waals surface area contributed by atoms with Crippen molar-refractivity contribution < 1.29 is 36.0 Å². The molecular formula is C19H20Cl3F3N4O5S. The minimum Gasteiger partial charge on any atom is -0.288 e. The summed E-state index contributed by atoms with van der Waals surface area (Å²) in [5.74, 6) is 0.767. The number of hydrogen-bond donors (Lipinski definition) is 1. The standard InChI is InChI=1S/C19H20Cl3F3N4O5S/c1-17(2,3)34-28(9-5-8-27-35(32,33)19(23,24)25)14(11-30)12-6-4-7-15-26-10-13(29(12)15)16(31)18(20,21)22/h4,6-7,10,27H,5,8-9H2,1-3H3. The Hall–Kier alpha value is -1.86. The van der Waals surface area contributed by atoms with Gasteiger partial charge in [0, 0.05) is 13.1 Å². The highest BCUT2D eigenvalue weighted by Crippen LogP contribution is 2.32. The van der Waals surface area contributed by atoms with Gasteiger partial charge >= 0.3 is 15.5 Å². The Morgan fingerprint density at radius 2 is 1.83 bits per heavy atom. The van der Waals surface area contributed by atoms with E-state index in [9.17, 15) is 31.2 Å². The quantitative estimate of drug-likeness (QED) is 0.158. The Morgan fingerprint density at radius 1 is 1.20 bits per heavy atom. The van der Waals surface area contributed by atoms with Gasteiger partial charge in [0.25, 0.3) is 3.79 Å². The number of pyridine rings is 1. The van der Waals surface area contributed by atoms with Crippen LogP contribution in [0, 0.1) is 0 Å². The van der Waals surface area contributed by atoms with E-state index in [1.165, 1.54) is 27.3 Å². The summed E-state index contributed by atoms with van der Waals surface area (Å²) in [5, 5.41) is 1.03. The minimum absolute atomic E-state index is 0.0488. The van der Waals surface area contributed by atoms with Crippen LogP contribution in [0.5, 0.6) is 0 Å². The highest BCUT2D eigenvalue weighted by Gasteiger charge is 2.45. The lowest BCUT2D eigenvalue weighted by Gasteiger charge is -2.31. The molecule has 0 atom stereocenters. The molecule has 2 aromatic heterocycles. The van der Waals surface area contributed by atoms with Crippen molar-refractivity contribution >= 4 is 67.9 Å². The third-order valence-corrected chi connectivity index (χ3v) is 5.84. The van der Waals surface area contributed by atoms with Crippen LogP contribution in [0.15, 0.2) is 24.4 Å². The number of fused-ring (bicyclic) bond motifs is 1. The van der Waals surface area contributed by atoms with Crippen LogP contribution in [0.25, 0.3) is 11.3 Å². The van der Waals surface area contributed by atoms with Gasteiger partial charge in [-0.25, -0.2) is 28.0 Å². The Kier molecular flexibility index (Phi) is 8.92. The number of ketones is 1. The Balaban J connectivity index is 2.45. The van der Waals surface area contributed by atoms with E-state index in [0.29, 0.717) is 0 Å². The van der Waals surface area contributed by atoms with E-state index in [0.717, 1.165) is 11.3 Å². The zero-order valence-corrected chi connectivity index (χ0v) is 21.6. The molecule has 2 aromatic rings. The van der Waals surface area contributed by atoms with Crippen molar-refractivity contribution in [1.29, 1.82) is 0 Å². The second-order valence-electron chi connectivity index (χ2n) is 8.03. The third-order valence-electron chi connectivity index (χ3n) is 4.13. The molecule has 0 aliphatic rings. The predicted molar refractivity (Wildman–Crippen MR) is 124 cm³/mol. The third kappa shape index (κ3) is 7.32. The molecule has 0 aliphatic heterocycles. The molecule has 0 bridgehead atoms. The molecule has 0 saturated heterocycles. The fraction of sp³-hybridized carbons (Fsp3) is 0.474. The van der Waals surface area contributed by atoms with E-state index in [1.54, 1.807) is 26.7 Å². The summed E-state index contributed by atoms with van der Waals surface area (Å²) in [6.07, 6.45) is 0.947. The maximum absolute atomic E-state index is 12.6. The van der Waals surface area contributed by atoms with Crippen LogP contribution in [0.3, 0.4) is 0 Å². The van der Waals surface area contributed by atoms with Crippen LogP contribution in [-0.2, 0) is 19.7 Å². The van der Waals surface area contributed by atoms with Crippen molar-refractivity contribution in [1.82, 2.24) is 19.2 Å². The summed E-state index contributed by atoms with van der Waals surface area (Å²) in [5.41, 5.74) is -6.54. The number of carbonyl (C=O) groups excluding carboxylic acids is 2. The van der Waals surface area contributed by atoms with Crippen molar-refractivity contribution in [3.05, 3.63) is 35.8 Å². The first-order chi connectivity index (χ1) is 15.9. The molecule has 9 nitrogen and oxygen atoms in total. The number of hydroxylamine groups is 2. The van der Waals surface area contributed by atoms with Gasteiger partial charge in [0.15, 0.2) is 11.6 Å². The number of Topliss-reactive ketones (excluding diaryl/α,β-unsaturated/α-hetero) is 1. The molecule has 16 heteroatoms. The van der Waals surface area contributed by atoms with Crippen molar-refractivity contribution in [2.24, 2.45) is 0 Å². The molecule has 1 N–H and O–H groups in total. The molecule has 0 radical (unpaired) electrons. The van der Waals surface area contributed by atoms with Crippen LogP contribution < -0.4 is 4.72 Å². The summed E-state index contributed by atoms with van der Waals surface area (Å²) in [4.78, 5) is 34.5. The number of nitrogens with one attached hydrogen (secondary N) is 1. The molecule has 0 saturated carbocycles.